The quantitative estimate of drug-likeness (QED) is 0.518. The van der Waals surface area contributed by atoms with Crippen LogP contribution in [0.3, 0.4) is 0 Å². The molecule has 0 unspecified atom stereocenters. The summed E-state index contributed by atoms with van der Waals surface area (Å²) in [6, 6.07) is 0. The first kappa shape index (κ1) is 5.66. The van der Waals surface area contributed by atoms with Gasteiger partial charge in [0.15, 0.2) is 0 Å². The van der Waals surface area contributed by atoms with E-state index in [0.29, 0.717) is 0 Å². The van der Waals surface area contributed by atoms with E-state index >= 15 is 0 Å². The van der Waals surface area contributed by atoms with Gasteiger partial charge in [-0.3, -0.25) is 0 Å². The first-order valence-electron chi connectivity index (χ1n) is 0.856. The Morgan fingerprint density at radius 3 is 1.20 bits per heavy atom. The monoisotopic (exact) mass is 184 g/mol. The molecule has 0 aliphatic heterocycles. The van der Waals surface area contributed by atoms with E-state index in [1.54, 1.807) is 0 Å². The number of rotatable bonds is 0. The van der Waals surface area contributed by atoms with Gasteiger partial charge in [0.2, 0.25) is 0 Å². The van der Waals surface area contributed by atoms with Crippen molar-refractivity contribution in [2.75, 3.05) is 0 Å². The first-order valence-corrected chi connectivity index (χ1v) is 2.50. The molecule has 0 rings (SSSR count). The Morgan fingerprint density at radius 2 is 1.20 bits per heavy atom. The molecule has 28 valence electrons. The summed E-state index contributed by atoms with van der Waals surface area (Å²) in [5, 5.41) is 0. The fraction of sp³-hybridized carbons (Fsp3) is 1.00. The van der Waals surface area contributed by atoms with Crippen molar-refractivity contribution in [1.82, 2.24) is 0 Å². The number of hydrogen-bond donors (Lipinski definition) is 0. The topological polar surface area (TPSA) is 0 Å². The third-order valence-corrected chi connectivity index (χ3v) is 0. The van der Waals surface area contributed by atoms with Gasteiger partial charge >= 0.3 is 41.5 Å². The van der Waals surface area contributed by atoms with Crippen molar-refractivity contribution in [3.63, 3.8) is 0 Å². The van der Waals surface area contributed by atoms with Crippen molar-refractivity contribution in [1.29, 1.82) is 0 Å². The van der Waals surface area contributed by atoms with E-state index in [1.165, 1.54) is 0 Å². The fourth-order valence-corrected chi connectivity index (χ4v) is 0. The molecule has 0 atom stereocenters. The molecule has 0 saturated heterocycles. The normalized spacial score (nSPS) is 11.8. The number of alkyl halides is 3. The second-order valence-electron chi connectivity index (χ2n) is 0.542. The van der Waals surface area contributed by atoms with Gasteiger partial charge in [-0.1, -0.05) is 0 Å². The maximum absolute atomic E-state index is 10.4. The van der Waals surface area contributed by atoms with E-state index in [0.717, 1.165) is 0 Å². The van der Waals surface area contributed by atoms with Crippen LogP contribution in [-0.4, -0.2) is 28.3 Å². The van der Waals surface area contributed by atoms with E-state index in [4.69, 9.17) is 0 Å². The number of hydrogen-bond acceptors (Lipinski definition) is 0. The zero-order valence-electron chi connectivity index (χ0n) is 2.21. The van der Waals surface area contributed by atoms with E-state index in [-0.39, 0.29) is 0 Å². The van der Waals surface area contributed by atoms with Crippen molar-refractivity contribution >= 4 is 24.4 Å². The third kappa shape index (κ3) is 75.7. The summed E-state index contributed by atoms with van der Waals surface area (Å²) in [5.74, 6) is 0. The van der Waals surface area contributed by atoms with Gasteiger partial charge in [-0.25, -0.2) is 0 Å². The van der Waals surface area contributed by atoms with Gasteiger partial charge in [0.05, 0.1) is 0 Å². The molecule has 0 bridgehead atoms. The van der Waals surface area contributed by atoms with E-state index in [2.05, 4.69) is 0 Å². The van der Waals surface area contributed by atoms with Crippen molar-refractivity contribution in [2.45, 2.75) is 3.93 Å². The van der Waals surface area contributed by atoms with Crippen LogP contribution in [0.2, 0.25) is 0 Å². The van der Waals surface area contributed by atoms with Gasteiger partial charge in [-0.15, -0.1) is 0 Å². The number of halogens is 3. The molecule has 2 radical (unpaired) electrons. The SMILES string of the molecule is F[C](F)(F)[In]. The van der Waals surface area contributed by atoms with Crippen LogP contribution in [0.5, 0.6) is 0 Å². The summed E-state index contributed by atoms with van der Waals surface area (Å²) >= 11 is -0.636. The third-order valence-electron chi connectivity index (χ3n) is 0. The maximum atomic E-state index is 10.4. The molecule has 0 aliphatic carbocycles. The summed E-state index contributed by atoms with van der Waals surface area (Å²) in [6.45, 7) is 0. The Balaban J connectivity index is 3.02. The summed E-state index contributed by atoms with van der Waals surface area (Å²) < 4.78 is 27.4. The minimum absolute atomic E-state index is 0.636. The van der Waals surface area contributed by atoms with Gasteiger partial charge in [0.1, 0.15) is 0 Å². The summed E-state index contributed by atoms with van der Waals surface area (Å²) in [6.07, 6.45) is 0. The van der Waals surface area contributed by atoms with Crippen LogP contribution in [-0.2, 0) is 0 Å². The van der Waals surface area contributed by atoms with Crippen LogP contribution in [0.1, 0.15) is 0 Å². The van der Waals surface area contributed by atoms with Gasteiger partial charge in [0.25, 0.3) is 0 Å². The molecule has 5 heavy (non-hydrogen) atoms. The molecular weight excluding hydrogens is 184 g/mol. The predicted octanol–water partition coefficient (Wildman–Crippen LogP) is 0.675. The average Bonchev–Trinajstić information content (AvgIpc) is 0.722. The molecular formula is CF3In. The standard InChI is InChI=1S/CF3.In/c2-1(3)4;. The van der Waals surface area contributed by atoms with Crippen molar-refractivity contribution < 1.29 is 13.2 Å². The first-order chi connectivity index (χ1) is 2.00. The molecule has 0 fully saturated rings. The molecule has 0 heterocycles. The molecule has 4 heteroatoms. The molecule has 0 amide bonds. The Labute approximate surface area is 41.9 Å². The Hall–Kier alpha value is 0.660. The van der Waals surface area contributed by atoms with Crippen molar-refractivity contribution in [3.8, 4) is 0 Å². The van der Waals surface area contributed by atoms with Crippen LogP contribution in [0.4, 0.5) is 13.2 Å². The Kier molecular flexibility index (Phi) is 1.59. The van der Waals surface area contributed by atoms with Crippen LogP contribution in [0.15, 0.2) is 0 Å². The van der Waals surface area contributed by atoms with Crippen LogP contribution in [0, 0.1) is 0 Å². The van der Waals surface area contributed by atoms with Crippen LogP contribution in [0.25, 0.3) is 0 Å². The Morgan fingerprint density at radius 1 is 1.20 bits per heavy atom. The molecule has 0 aromatic rings. The van der Waals surface area contributed by atoms with Gasteiger partial charge < -0.3 is 0 Å². The molecule has 0 spiro atoms. The summed E-state index contributed by atoms with van der Waals surface area (Å²) in [4.78, 5) is 0. The molecule has 0 aromatic carbocycles. The molecule has 0 N–H and O–H groups in total. The zero-order chi connectivity index (χ0) is 4.50. The van der Waals surface area contributed by atoms with Crippen molar-refractivity contribution in [2.24, 2.45) is 0 Å². The molecule has 0 aliphatic rings. The summed E-state index contributed by atoms with van der Waals surface area (Å²) in [5.41, 5.74) is 0. The van der Waals surface area contributed by atoms with E-state index in [9.17, 15) is 13.2 Å². The zero-order valence-corrected chi connectivity index (χ0v) is 5.51. The summed E-state index contributed by atoms with van der Waals surface area (Å²) in [7, 11) is 0. The molecule has 0 nitrogen and oxygen atoms in total. The predicted molar refractivity (Wildman–Crippen MR) is 11.8 cm³/mol. The van der Waals surface area contributed by atoms with Crippen LogP contribution < -0.4 is 0 Å². The van der Waals surface area contributed by atoms with Gasteiger partial charge in [-0.05, 0) is 0 Å². The molecule has 0 saturated carbocycles. The van der Waals surface area contributed by atoms with Gasteiger partial charge in [0, 0.05) is 0 Å². The van der Waals surface area contributed by atoms with E-state index in [1.807, 2.05) is 0 Å². The molecule has 0 aromatic heterocycles. The van der Waals surface area contributed by atoms with Crippen molar-refractivity contribution in [3.05, 3.63) is 0 Å². The van der Waals surface area contributed by atoms with Gasteiger partial charge in [-0.2, -0.15) is 0 Å². The average molecular weight is 184 g/mol. The second kappa shape index (κ2) is 1.41. The second-order valence-corrected chi connectivity index (χ2v) is 2.41. The van der Waals surface area contributed by atoms with Crippen LogP contribution >= 0.6 is 0 Å². The fourth-order valence-electron chi connectivity index (χ4n) is 0. The Bertz CT molecular complexity index is 22.4. The van der Waals surface area contributed by atoms with E-state index < -0.39 is 28.3 Å². The minimum atomic E-state index is -3.87.